The van der Waals surface area contributed by atoms with Crippen molar-refractivity contribution >= 4 is 12.0 Å². The minimum Gasteiger partial charge on any atom is -0.497 e. The van der Waals surface area contributed by atoms with Crippen molar-refractivity contribution in [1.82, 2.24) is 10.2 Å². The van der Waals surface area contributed by atoms with Crippen molar-refractivity contribution in [3.8, 4) is 11.5 Å². The summed E-state index contributed by atoms with van der Waals surface area (Å²) in [4.78, 5) is 26.0. The minimum atomic E-state index is -0.918. The number of benzene rings is 2. The van der Waals surface area contributed by atoms with Gasteiger partial charge in [-0.3, -0.25) is 4.79 Å². The molecule has 1 fully saturated rings. The maximum absolute atomic E-state index is 13.0. The van der Waals surface area contributed by atoms with Crippen LogP contribution >= 0.6 is 0 Å². The molecule has 2 N–H and O–H groups in total. The number of carbonyl (C=O) groups is 2. The Balaban J connectivity index is 1.89. The molecule has 0 bridgehead atoms. The summed E-state index contributed by atoms with van der Waals surface area (Å²) in [5.41, 5.74) is 0.788. The number of carboxylic acids is 1. The van der Waals surface area contributed by atoms with Gasteiger partial charge in [0.1, 0.15) is 11.5 Å². The number of methoxy groups -OCH3 is 2. The van der Waals surface area contributed by atoms with Crippen LogP contribution in [0.5, 0.6) is 11.5 Å². The van der Waals surface area contributed by atoms with E-state index < -0.39 is 17.4 Å². The first-order valence-corrected chi connectivity index (χ1v) is 9.43. The van der Waals surface area contributed by atoms with Crippen LogP contribution in [0, 0.1) is 5.41 Å². The average Bonchev–Trinajstić information content (AvgIpc) is 3.15. The van der Waals surface area contributed by atoms with Crippen molar-refractivity contribution in [2.75, 3.05) is 27.3 Å². The first-order valence-electron chi connectivity index (χ1n) is 9.43. The molecule has 3 rings (SSSR count). The Morgan fingerprint density at radius 2 is 1.62 bits per heavy atom. The van der Waals surface area contributed by atoms with Crippen LogP contribution < -0.4 is 14.8 Å². The number of nitrogens with one attached hydrogen (secondary N) is 1. The number of carbonyl (C=O) groups excluding carboxylic acids is 1. The van der Waals surface area contributed by atoms with Crippen LogP contribution in [0.25, 0.3) is 0 Å². The molecule has 2 aromatic rings. The molecule has 1 aliphatic heterocycles. The lowest BCUT2D eigenvalue weighted by Crippen LogP contribution is -2.42. The van der Waals surface area contributed by atoms with E-state index in [1.54, 1.807) is 26.0 Å². The number of aliphatic carboxylic acids is 1. The second-order valence-corrected chi connectivity index (χ2v) is 7.47. The number of rotatable bonds is 6. The summed E-state index contributed by atoms with van der Waals surface area (Å²) in [6.45, 7) is 2.25. The highest BCUT2D eigenvalue weighted by Gasteiger charge is 2.42. The number of nitrogens with zero attached hydrogens (tertiary/aromatic N) is 1. The molecule has 154 valence electrons. The van der Waals surface area contributed by atoms with E-state index in [-0.39, 0.29) is 12.6 Å². The van der Waals surface area contributed by atoms with Crippen molar-refractivity contribution in [2.24, 2.45) is 5.41 Å². The normalized spacial score (nSPS) is 18.6. The number of likely N-dealkylation sites (tertiary alicyclic amines) is 1. The van der Waals surface area contributed by atoms with E-state index in [0.29, 0.717) is 24.5 Å². The molecular weight excluding hydrogens is 372 g/mol. The zero-order valence-corrected chi connectivity index (χ0v) is 16.8. The Hall–Kier alpha value is -3.22. The quantitative estimate of drug-likeness (QED) is 0.780. The van der Waals surface area contributed by atoms with Gasteiger partial charge in [0.05, 0.1) is 25.7 Å². The Morgan fingerprint density at radius 1 is 1.07 bits per heavy atom. The third kappa shape index (κ3) is 4.45. The summed E-state index contributed by atoms with van der Waals surface area (Å²) in [6.07, 6.45) is 0.429. The summed E-state index contributed by atoms with van der Waals surface area (Å²) in [5.74, 6) is 0.485. The number of hydrogen-bond acceptors (Lipinski definition) is 4. The Bertz CT molecular complexity index is 853. The van der Waals surface area contributed by atoms with Gasteiger partial charge in [-0.05, 0) is 48.7 Å². The molecule has 2 aromatic carbocycles. The van der Waals surface area contributed by atoms with Gasteiger partial charge in [-0.1, -0.05) is 24.3 Å². The van der Waals surface area contributed by atoms with Crippen LogP contribution in [0.4, 0.5) is 4.79 Å². The van der Waals surface area contributed by atoms with Gasteiger partial charge in [-0.2, -0.15) is 0 Å². The zero-order valence-electron chi connectivity index (χ0n) is 16.8. The third-order valence-corrected chi connectivity index (χ3v) is 5.40. The molecule has 0 spiro atoms. The highest BCUT2D eigenvalue weighted by Crippen LogP contribution is 2.32. The second-order valence-electron chi connectivity index (χ2n) is 7.47. The summed E-state index contributed by atoms with van der Waals surface area (Å²) in [7, 11) is 3.18. The maximum Gasteiger partial charge on any atom is 0.318 e. The largest absolute Gasteiger partial charge is 0.497 e. The number of hydrogen-bond donors (Lipinski definition) is 2. The van der Waals surface area contributed by atoms with Crippen LogP contribution in [-0.2, 0) is 4.79 Å². The van der Waals surface area contributed by atoms with Gasteiger partial charge in [0, 0.05) is 13.1 Å². The van der Waals surface area contributed by atoms with Gasteiger partial charge in [-0.15, -0.1) is 0 Å². The van der Waals surface area contributed by atoms with E-state index in [4.69, 9.17) is 9.47 Å². The van der Waals surface area contributed by atoms with Crippen LogP contribution in [-0.4, -0.2) is 49.3 Å². The molecule has 1 aliphatic rings. The van der Waals surface area contributed by atoms with E-state index in [1.807, 2.05) is 48.5 Å². The lowest BCUT2D eigenvalue weighted by atomic mass is 9.90. The molecule has 1 unspecified atom stereocenters. The lowest BCUT2D eigenvalue weighted by Gasteiger charge is -2.25. The molecule has 0 aliphatic carbocycles. The SMILES string of the molecule is COc1cccc(C(NC(=O)N2CCC(C)(C(=O)O)C2)c2cccc(OC)c2)c1. The number of carboxylic acid groups (broad SMARTS) is 1. The number of amides is 2. The first kappa shape index (κ1) is 20.5. The predicted octanol–water partition coefficient (Wildman–Crippen LogP) is 3.30. The molecule has 7 nitrogen and oxygen atoms in total. The van der Waals surface area contributed by atoms with Crippen molar-refractivity contribution in [2.45, 2.75) is 19.4 Å². The second kappa shape index (κ2) is 8.43. The molecule has 0 saturated carbocycles. The Labute approximate surface area is 170 Å². The van der Waals surface area contributed by atoms with E-state index in [0.717, 1.165) is 11.1 Å². The van der Waals surface area contributed by atoms with Crippen LogP contribution in [0.15, 0.2) is 48.5 Å². The van der Waals surface area contributed by atoms with Gasteiger partial charge in [0.25, 0.3) is 0 Å². The fourth-order valence-corrected chi connectivity index (χ4v) is 3.53. The molecule has 7 heteroatoms. The average molecular weight is 398 g/mol. The van der Waals surface area contributed by atoms with Crippen LogP contribution in [0.2, 0.25) is 0 Å². The van der Waals surface area contributed by atoms with E-state index in [1.165, 1.54) is 0 Å². The lowest BCUT2D eigenvalue weighted by molar-refractivity contribution is -0.147. The van der Waals surface area contributed by atoms with Crippen LogP contribution in [0.1, 0.15) is 30.5 Å². The third-order valence-electron chi connectivity index (χ3n) is 5.40. The molecule has 1 atom stereocenters. The molecule has 0 aromatic heterocycles. The van der Waals surface area contributed by atoms with E-state index in [9.17, 15) is 14.7 Å². The standard InChI is InChI=1S/C22H26N2O5/c1-22(20(25)26)10-11-24(14-22)21(27)23-19(15-6-4-8-17(12-15)28-2)16-7-5-9-18(13-16)29-3/h4-9,12-13,19H,10-11,14H2,1-3H3,(H,23,27)(H,25,26). The van der Waals surface area contributed by atoms with Gasteiger partial charge in [0.15, 0.2) is 0 Å². The summed E-state index contributed by atoms with van der Waals surface area (Å²) in [6, 6.07) is 14.2. The van der Waals surface area contributed by atoms with Gasteiger partial charge in [0.2, 0.25) is 0 Å². The van der Waals surface area contributed by atoms with Gasteiger partial charge in [-0.25, -0.2) is 4.79 Å². The topological polar surface area (TPSA) is 88.1 Å². The molecular formula is C22H26N2O5. The first-order chi connectivity index (χ1) is 13.9. The Morgan fingerprint density at radius 3 is 2.07 bits per heavy atom. The summed E-state index contributed by atoms with van der Waals surface area (Å²) in [5, 5.41) is 12.5. The van der Waals surface area contributed by atoms with Crippen LogP contribution in [0.3, 0.4) is 0 Å². The fourth-order valence-electron chi connectivity index (χ4n) is 3.53. The van der Waals surface area contributed by atoms with Crippen molar-refractivity contribution in [1.29, 1.82) is 0 Å². The van der Waals surface area contributed by atoms with Gasteiger partial charge >= 0.3 is 12.0 Å². The number of urea groups is 1. The van der Waals surface area contributed by atoms with E-state index >= 15 is 0 Å². The molecule has 0 radical (unpaired) electrons. The predicted molar refractivity (Wildman–Crippen MR) is 108 cm³/mol. The monoisotopic (exact) mass is 398 g/mol. The van der Waals surface area contributed by atoms with Crippen molar-refractivity contribution in [3.05, 3.63) is 59.7 Å². The molecule has 1 saturated heterocycles. The van der Waals surface area contributed by atoms with E-state index in [2.05, 4.69) is 5.32 Å². The summed E-state index contributed by atoms with van der Waals surface area (Å²) < 4.78 is 10.7. The highest BCUT2D eigenvalue weighted by atomic mass is 16.5. The molecule has 1 heterocycles. The molecule has 29 heavy (non-hydrogen) atoms. The highest BCUT2D eigenvalue weighted by molar-refractivity contribution is 5.80. The minimum absolute atomic E-state index is 0.178. The fraction of sp³-hybridized carbons (Fsp3) is 0.364. The number of ether oxygens (including phenoxy) is 2. The van der Waals surface area contributed by atoms with Gasteiger partial charge < -0.3 is 24.8 Å². The molecule has 2 amide bonds. The maximum atomic E-state index is 13.0. The Kier molecular flexibility index (Phi) is 5.96. The smallest absolute Gasteiger partial charge is 0.318 e. The van der Waals surface area contributed by atoms with Crippen molar-refractivity contribution in [3.63, 3.8) is 0 Å². The summed E-state index contributed by atoms with van der Waals surface area (Å²) >= 11 is 0. The zero-order chi connectivity index (χ0) is 21.0. The van der Waals surface area contributed by atoms with Crippen molar-refractivity contribution < 1.29 is 24.2 Å².